The first-order valence-electron chi connectivity index (χ1n) is 9.62. The van der Waals surface area contributed by atoms with E-state index >= 15 is 0 Å². The Kier molecular flexibility index (Phi) is 7.20. The zero-order chi connectivity index (χ0) is 19.2. The number of hydrogen-bond donors (Lipinski definition) is 1. The summed E-state index contributed by atoms with van der Waals surface area (Å²) in [5.74, 6) is -1.19. The molecule has 7 heteroatoms. The van der Waals surface area contributed by atoms with E-state index in [1.54, 1.807) is 4.90 Å². The fraction of sp³-hybridized carbons (Fsp3) is 0.737. The lowest BCUT2D eigenvalue weighted by atomic mass is 9.75. The second kappa shape index (κ2) is 9.16. The lowest BCUT2D eigenvalue weighted by Gasteiger charge is -2.34. The number of carboxylic acid groups (broad SMARTS) is 1. The predicted octanol–water partition coefficient (Wildman–Crippen LogP) is 1.20. The third kappa shape index (κ3) is 4.44. The molecule has 2 amide bonds. The summed E-state index contributed by atoms with van der Waals surface area (Å²) < 4.78 is 0. The number of hydrogen-bond acceptors (Lipinski definition) is 4. The van der Waals surface area contributed by atoms with Crippen molar-refractivity contribution < 1.29 is 19.5 Å². The Morgan fingerprint density at radius 2 is 1.81 bits per heavy atom. The molecule has 1 saturated heterocycles. The predicted molar refractivity (Wildman–Crippen MR) is 98.6 cm³/mol. The highest BCUT2D eigenvalue weighted by Gasteiger charge is 2.47. The van der Waals surface area contributed by atoms with Gasteiger partial charge in [-0.2, -0.15) is 0 Å². The monoisotopic (exact) mass is 365 g/mol. The first-order valence-corrected chi connectivity index (χ1v) is 9.62. The maximum absolute atomic E-state index is 13.0. The molecule has 1 aliphatic heterocycles. The SMILES string of the molecule is CCN(CC)C(=O)CN1CCCN(C(=O)C2(C(=O)O)CC=CCC2)CC1. The second-order valence-corrected chi connectivity index (χ2v) is 7.09. The molecule has 2 aliphatic rings. The molecule has 2 rings (SSSR count). The molecule has 0 aromatic carbocycles. The molecule has 0 aromatic rings. The van der Waals surface area contributed by atoms with Crippen LogP contribution in [0, 0.1) is 5.41 Å². The fourth-order valence-corrected chi connectivity index (χ4v) is 3.82. The van der Waals surface area contributed by atoms with Crippen LogP contribution in [0.5, 0.6) is 0 Å². The Hall–Kier alpha value is -1.89. The summed E-state index contributed by atoms with van der Waals surface area (Å²) >= 11 is 0. The van der Waals surface area contributed by atoms with Crippen LogP contribution in [0.3, 0.4) is 0 Å². The van der Waals surface area contributed by atoms with Gasteiger partial charge in [-0.1, -0.05) is 12.2 Å². The normalized spacial score (nSPS) is 24.2. The standard InChI is InChI=1S/C19H31N3O4/c1-3-21(4-2)16(23)15-20-11-8-12-22(14-13-20)17(24)19(18(25)26)9-6-5-7-10-19/h5-6H,3-4,7-15H2,1-2H3,(H,25,26). The zero-order valence-electron chi connectivity index (χ0n) is 15.9. The Labute approximate surface area is 155 Å². The van der Waals surface area contributed by atoms with Crippen molar-refractivity contribution in [2.45, 2.75) is 39.5 Å². The van der Waals surface area contributed by atoms with Crippen molar-refractivity contribution in [1.82, 2.24) is 14.7 Å². The average molecular weight is 365 g/mol. The van der Waals surface area contributed by atoms with E-state index in [-0.39, 0.29) is 18.2 Å². The largest absolute Gasteiger partial charge is 0.480 e. The van der Waals surface area contributed by atoms with Gasteiger partial charge in [0.05, 0.1) is 6.54 Å². The number of carboxylic acids is 1. The van der Waals surface area contributed by atoms with Gasteiger partial charge in [-0.3, -0.25) is 19.3 Å². The molecule has 0 bridgehead atoms. The van der Waals surface area contributed by atoms with Crippen LogP contribution >= 0.6 is 0 Å². The molecule has 1 heterocycles. The molecular weight excluding hydrogens is 334 g/mol. The maximum Gasteiger partial charge on any atom is 0.319 e. The van der Waals surface area contributed by atoms with E-state index in [4.69, 9.17) is 0 Å². The lowest BCUT2D eigenvalue weighted by Crippen LogP contribution is -2.50. The van der Waals surface area contributed by atoms with Crippen LogP contribution < -0.4 is 0 Å². The molecule has 0 spiro atoms. The van der Waals surface area contributed by atoms with Gasteiger partial charge in [0.1, 0.15) is 5.41 Å². The van der Waals surface area contributed by atoms with E-state index in [0.29, 0.717) is 52.1 Å². The van der Waals surface area contributed by atoms with Gasteiger partial charge in [0.2, 0.25) is 11.8 Å². The minimum atomic E-state index is -1.32. The van der Waals surface area contributed by atoms with Crippen LogP contribution in [0.2, 0.25) is 0 Å². The average Bonchev–Trinajstić information content (AvgIpc) is 2.88. The number of carbonyl (C=O) groups excluding carboxylic acids is 2. The number of carbonyl (C=O) groups is 3. The van der Waals surface area contributed by atoms with E-state index in [2.05, 4.69) is 4.90 Å². The third-order valence-electron chi connectivity index (χ3n) is 5.54. The van der Waals surface area contributed by atoms with Crippen molar-refractivity contribution in [2.24, 2.45) is 5.41 Å². The van der Waals surface area contributed by atoms with Gasteiger partial charge in [0.15, 0.2) is 0 Å². The van der Waals surface area contributed by atoms with Gasteiger partial charge in [0, 0.05) is 39.3 Å². The second-order valence-electron chi connectivity index (χ2n) is 7.09. The smallest absolute Gasteiger partial charge is 0.319 e. The van der Waals surface area contributed by atoms with Crippen LogP contribution in [-0.4, -0.2) is 83.4 Å². The van der Waals surface area contributed by atoms with Crippen molar-refractivity contribution in [3.8, 4) is 0 Å². The van der Waals surface area contributed by atoms with Gasteiger partial charge in [-0.25, -0.2) is 0 Å². The summed E-state index contributed by atoms with van der Waals surface area (Å²) in [5, 5.41) is 9.70. The van der Waals surface area contributed by atoms with Gasteiger partial charge >= 0.3 is 5.97 Å². The molecule has 1 aliphatic carbocycles. The first kappa shape index (κ1) is 20.4. The van der Waals surface area contributed by atoms with Crippen molar-refractivity contribution in [1.29, 1.82) is 0 Å². The van der Waals surface area contributed by atoms with E-state index in [0.717, 1.165) is 13.0 Å². The summed E-state index contributed by atoms with van der Waals surface area (Å²) in [6.07, 6.45) is 5.75. The Bertz CT molecular complexity index is 559. The lowest BCUT2D eigenvalue weighted by molar-refractivity contribution is -0.161. The van der Waals surface area contributed by atoms with Gasteiger partial charge in [-0.05, 0) is 39.5 Å². The minimum Gasteiger partial charge on any atom is -0.480 e. The first-order chi connectivity index (χ1) is 12.4. The van der Waals surface area contributed by atoms with Crippen molar-refractivity contribution in [3.63, 3.8) is 0 Å². The quantitative estimate of drug-likeness (QED) is 0.565. The number of rotatable bonds is 6. The topological polar surface area (TPSA) is 81.2 Å². The van der Waals surface area contributed by atoms with E-state index < -0.39 is 11.4 Å². The van der Waals surface area contributed by atoms with Crippen LogP contribution in [0.25, 0.3) is 0 Å². The van der Waals surface area contributed by atoms with Gasteiger partial charge < -0.3 is 14.9 Å². The summed E-state index contributed by atoms with van der Waals surface area (Å²) in [6, 6.07) is 0. The number of aliphatic carboxylic acids is 1. The summed E-state index contributed by atoms with van der Waals surface area (Å²) in [4.78, 5) is 42.7. The van der Waals surface area contributed by atoms with E-state index in [1.807, 2.05) is 30.9 Å². The highest BCUT2D eigenvalue weighted by molar-refractivity contribution is 6.02. The third-order valence-corrected chi connectivity index (χ3v) is 5.54. The molecule has 0 aromatic heterocycles. The number of amides is 2. The van der Waals surface area contributed by atoms with Crippen LogP contribution in [0.4, 0.5) is 0 Å². The molecule has 1 unspecified atom stereocenters. The van der Waals surface area contributed by atoms with Crippen LogP contribution in [0.1, 0.15) is 39.5 Å². The fourth-order valence-electron chi connectivity index (χ4n) is 3.82. The highest BCUT2D eigenvalue weighted by atomic mass is 16.4. The highest BCUT2D eigenvalue weighted by Crippen LogP contribution is 2.35. The van der Waals surface area contributed by atoms with E-state index in [1.165, 1.54) is 0 Å². The molecule has 1 fully saturated rings. The van der Waals surface area contributed by atoms with Crippen molar-refractivity contribution >= 4 is 17.8 Å². The molecule has 146 valence electrons. The van der Waals surface area contributed by atoms with Crippen molar-refractivity contribution in [3.05, 3.63) is 12.2 Å². The van der Waals surface area contributed by atoms with E-state index in [9.17, 15) is 19.5 Å². The van der Waals surface area contributed by atoms with Crippen LogP contribution in [0.15, 0.2) is 12.2 Å². The van der Waals surface area contributed by atoms with Gasteiger partial charge in [-0.15, -0.1) is 0 Å². The minimum absolute atomic E-state index is 0.106. The molecule has 1 N–H and O–H groups in total. The summed E-state index contributed by atoms with van der Waals surface area (Å²) in [7, 11) is 0. The number of likely N-dealkylation sites (N-methyl/N-ethyl adjacent to an activating group) is 1. The summed E-state index contributed by atoms with van der Waals surface area (Å²) in [5.41, 5.74) is -1.32. The maximum atomic E-state index is 13.0. The summed E-state index contributed by atoms with van der Waals surface area (Å²) in [6.45, 7) is 8.06. The number of nitrogens with zero attached hydrogens (tertiary/aromatic N) is 3. The number of allylic oxidation sites excluding steroid dienone is 2. The van der Waals surface area contributed by atoms with Gasteiger partial charge in [0.25, 0.3) is 0 Å². The molecule has 26 heavy (non-hydrogen) atoms. The zero-order valence-corrected chi connectivity index (χ0v) is 15.9. The van der Waals surface area contributed by atoms with Crippen LogP contribution in [-0.2, 0) is 14.4 Å². The Morgan fingerprint density at radius 3 is 2.38 bits per heavy atom. The molecule has 1 atom stereocenters. The molecule has 0 radical (unpaired) electrons. The Balaban J connectivity index is 1.99. The Morgan fingerprint density at radius 1 is 1.08 bits per heavy atom. The molecular formula is C19H31N3O4. The molecule has 0 saturated carbocycles. The molecule has 7 nitrogen and oxygen atoms in total. The van der Waals surface area contributed by atoms with Crippen molar-refractivity contribution in [2.75, 3.05) is 45.8 Å².